The minimum absolute atomic E-state index is 0.00747. The first-order valence-corrected chi connectivity index (χ1v) is 16.6. The summed E-state index contributed by atoms with van der Waals surface area (Å²) in [6, 6.07) is 19.8. The first-order valence-electron chi connectivity index (χ1n) is 16.2. The van der Waals surface area contributed by atoms with Crippen molar-refractivity contribution in [3.05, 3.63) is 87.9 Å². The number of likely N-dealkylation sites (tertiary alicyclic amines) is 1. The molecule has 45 heavy (non-hydrogen) atoms. The van der Waals surface area contributed by atoms with Gasteiger partial charge in [-0.1, -0.05) is 35.9 Å². The summed E-state index contributed by atoms with van der Waals surface area (Å²) in [4.78, 5) is 18.4. The maximum Gasteiger partial charge on any atom is 0.232 e. The molecule has 1 aliphatic carbocycles. The van der Waals surface area contributed by atoms with Crippen molar-refractivity contribution >= 4 is 23.2 Å². The number of nitrogens with zero attached hydrogens (tertiary/aromatic N) is 2. The number of fused-ring (bicyclic) bond motifs is 3. The van der Waals surface area contributed by atoms with E-state index < -0.39 is 5.60 Å². The largest absolute Gasteiger partial charge is 0.493 e. The van der Waals surface area contributed by atoms with Crippen LogP contribution in [0, 0.1) is 17.8 Å². The van der Waals surface area contributed by atoms with E-state index in [1.54, 1.807) is 7.11 Å². The number of methoxy groups -OCH3 is 1. The van der Waals surface area contributed by atoms with Gasteiger partial charge in [0.15, 0.2) is 11.5 Å². The first-order chi connectivity index (χ1) is 21.6. The highest BCUT2D eigenvalue weighted by Crippen LogP contribution is 2.52. The van der Waals surface area contributed by atoms with Crippen molar-refractivity contribution in [3.8, 4) is 11.5 Å². The lowest BCUT2D eigenvalue weighted by Gasteiger charge is -2.48. The Bertz CT molecular complexity index is 1540. The normalized spacial score (nSPS) is 26.4. The topological polar surface area (TPSA) is 71.5 Å². The fourth-order valence-corrected chi connectivity index (χ4v) is 8.52. The zero-order valence-corrected chi connectivity index (χ0v) is 27.3. The number of carbonyl (C=O) groups excluding carboxylic acids is 1. The fourth-order valence-electron chi connectivity index (χ4n) is 8.39. The van der Waals surface area contributed by atoms with Crippen LogP contribution in [0.1, 0.15) is 61.9 Å². The Morgan fingerprint density at radius 3 is 2.22 bits per heavy atom. The number of piperidine rings is 1. The number of aliphatic hydroxyl groups is 1. The molecule has 4 aliphatic rings. The van der Waals surface area contributed by atoms with Gasteiger partial charge in [0.1, 0.15) is 0 Å². The quantitative estimate of drug-likeness (QED) is 0.312. The molecule has 0 radical (unpaired) electrons. The predicted octanol–water partition coefficient (Wildman–Crippen LogP) is 6.38. The minimum atomic E-state index is -0.958. The van der Waals surface area contributed by atoms with Gasteiger partial charge in [0.2, 0.25) is 5.91 Å². The monoisotopic (exact) mass is 630 g/mol. The lowest BCUT2D eigenvalue weighted by molar-refractivity contribution is -0.118. The Hall–Kier alpha value is -3.10. The third-order valence-electron chi connectivity index (χ3n) is 10.5. The van der Waals surface area contributed by atoms with E-state index in [0.29, 0.717) is 34.4 Å². The van der Waals surface area contributed by atoms with Crippen LogP contribution in [-0.4, -0.2) is 61.5 Å². The Labute approximate surface area is 271 Å². The highest BCUT2D eigenvalue weighted by Gasteiger charge is 2.52. The van der Waals surface area contributed by atoms with Crippen LogP contribution in [0.2, 0.25) is 5.02 Å². The van der Waals surface area contributed by atoms with Crippen molar-refractivity contribution in [3.63, 3.8) is 0 Å². The van der Waals surface area contributed by atoms with Crippen LogP contribution in [0.25, 0.3) is 0 Å². The molecule has 1 amide bonds. The molecule has 2 bridgehead atoms. The number of hydrogen-bond donors (Lipinski definition) is 1. The van der Waals surface area contributed by atoms with Gasteiger partial charge in [0.25, 0.3) is 0 Å². The molecule has 3 aliphatic heterocycles. The van der Waals surface area contributed by atoms with Gasteiger partial charge in [-0.25, -0.2) is 0 Å². The van der Waals surface area contributed by atoms with E-state index >= 15 is 0 Å². The zero-order chi connectivity index (χ0) is 31.5. The second kappa shape index (κ2) is 11.9. The van der Waals surface area contributed by atoms with Crippen molar-refractivity contribution < 1.29 is 24.1 Å². The molecule has 7 rings (SSSR count). The van der Waals surface area contributed by atoms with Crippen molar-refractivity contribution in [2.24, 2.45) is 17.8 Å². The van der Waals surface area contributed by atoms with E-state index in [4.69, 9.17) is 25.8 Å². The average molecular weight is 631 g/mol. The Balaban J connectivity index is 1.22. The molecule has 1 N–H and O–H groups in total. The molecule has 7 nitrogen and oxygen atoms in total. The van der Waals surface area contributed by atoms with Gasteiger partial charge >= 0.3 is 0 Å². The summed E-state index contributed by atoms with van der Waals surface area (Å²) in [6.07, 6.45) is 2.52. The lowest BCUT2D eigenvalue weighted by Crippen LogP contribution is -2.57. The second-order valence-corrected chi connectivity index (χ2v) is 14.2. The molecule has 0 spiro atoms. The predicted molar refractivity (Wildman–Crippen MR) is 175 cm³/mol. The van der Waals surface area contributed by atoms with Crippen molar-refractivity contribution in [2.75, 3.05) is 38.3 Å². The molecule has 0 aromatic heterocycles. The highest BCUT2D eigenvalue weighted by molar-refractivity contribution is 6.30. The van der Waals surface area contributed by atoms with E-state index in [1.807, 2.05) is 86.3 Å². The molecule has 2 saturated heterocycles. The standard InChI is InChI=1S/C37H43ClN2O5/c1-22(2)45-33-17-31-26(15-32(33)43-4)16-34(41)40(36(31)23-7-11-28(38)12-8-23)29-13-9-27(10-14-29)37(3,42)35-24-5-6-25(35)19-39(18-24)30-20-44-21-30/h7-15,17,22,24-25,30,35-36,42H,5-6,16,18-21H2,1-4H3. The number of halogens is 1. The Kier molecular flexibility index (Phi) is 8.09. The minimum Gasteiger partial charge on any atom is -0.493 e. The summed E-state index contributed by atoms with van der Waals surface area (Å²) in [5.41, 5.74) is 3.59. The molecular weight excluding hydrogens is 588 g/mol. The molecule has 4 unspecified atom stereocenters. The Morgan fingerprint density at radius 2 is 1.64 bits per heavy atom. The number of benzene rings is 3. The fraction of sp³-hybridized carbons (Fsp3) is 0.486. The smallest absolute Gasteiger partial charge is 0.232 e. The van der Waals surface area contributed by atoms with Crippen LogP contribution >= 0.6 is 11.6 Å². The van der Waals surface area contributed by atoms with E-state index in [0.717, 1.165) is 67.1 Å². The number of rotatable bonds is 8. The van der Waals surface area contributed by atoms with Gasteiger partial charge < -0.3 is 24.2 Å². The molecular formula is C37H43ClN2O5. The van der Waals surface area contributed by atoms with Crippen LogP contribution in [0.4, 0.5) is 5.69 Å². The van der Waals surface area contributed by atoms with Crippen LogP contribution < -0.4 is 14.4 Å². The lowest BCUT2D eigenvalue weighted by atomic mass is 9.70. The van der Waals surface area contributed by atoms with Gasteiger partial charge in [0, 0.05) is 23.8 Å². The van der Waals surface area contributed by atoms with Crippen LogP contribution in [0.15, 0.2) is 60.7 Å². The Morgan fingerprint density at radius 1 is 0.978 bits per heavy atom. The van der Waals surface area contributed by atoms with Crippen molar-refractivity contribution in [1.29, 1.82) is 0 Å². The third kappa shape index (κ3) is 5.52. The third-order valence-corrected chi connectivity index (χ3v) is 10.8. The van der Waals surface area contributed by atoms with Crippen LogP contribution in [0.3, 0.4) is 0 Å². The number of carbonyl (C=O) groups is 1. The van der Waals surface area contributed by atoms with E-state index in [-0.39, 0.29) is 30.4 Å². The molecule has 3 aromatic rings. The average Bonchev–Trinajstić information content (AvgIpc) is 3.27. The van der Waals surface area contributed by atoms with Gasteiger partial charge in [-0.3, -0.25) is 9.69 Å². The molecule has 238 valence electrons. The molecule has 3 aromatic carbocycles. The first kappa shape index (κ1) is 30.5. The molecule has 8 heteroatoms. The summed E-state index contributed by atoms with van der Waals surface area (Å²) in [5, 5.41) is 12.8. The molecule has 1 saturated carbocycles. The molecule has 3 heterocycles. The molecule has 4 atom stereocenters. The van der Waals surface area contributed by atoms with Crippen molar-refractivity contribution in [2.45, 2.75) is 63.8 Å². The van der Waals surface area contributed by atoms with Crippen LogP contribution in [0.5, 0.6) is 11.5 Å². The maximum absolute atomic E-state index is 14.0. The van der Waals surface area contributed by atoms with Gasteiger partial charge in [-0.2, -0.15) is 0 Å². The summed E-state index contributed by atoms with van der Waals surface area (Å²) < 4.78 is 17.3. The SMILES string of the molecule is COc1cc2c(cc1OC(C)C)C(c1ccc(Cl)cc1)N(c1ccc(C(C)(O)C3C4CCC3CN(C3COC3)C4)cc1)C(=O)C2. The summed E-state index contributed by atoms with van der Waals surface area (Å²) in [7, 11) is 1.62. The summed E-state index contributed by atoms with van der Waals surface area (Å²) >= 11 is 6.29. The van der Waals surface area contributed by atoms with Crippen LogP contribution in [-0.2, 0) is 21.6 Å². The summed E-state index contributed by atoms with van der Waals surface area (Å²) in [5.74, 6) is 2.40. The number of hydrogen-bond acceptors (Lipinski definition) is 6. The highest BCUT2D eigenvalue weighted by atomic mass is 35.5. The maximum atomic E-state index is 14.0. The van der Waals surface area contributed by atoms with Gasteiger partial charge in [0.05, 0.1) is 50.5 Å². The van der Waals surface area contributed by atoms with Gasteiger partial charge in [-0.15, -0.1) is 0 Å². The van der Waals surface area contributed by atoms with Gasteiger partial charge in [-0.05, 0) is 110 Å². The number of amides is 1. The second-order valence-electron chi connectivity index (χ2n) is 13.7. The summed E-state index contributed by atoms with van der Waals surface area (Å²) in [6.45, 7) is 9.68. The number of anilines is 1. The van der Waals surface area contributed by atoms with E-state index in [9.17, 15) is 9.90 Å². The molecule has 3 fully saturated rings. The zero-order valence-electron chi connectivity index (χ0n) is 26.5. The van der Waals surface area contributed by atoms with Crippen molar-refractivity contribution in [1.82, 2.24) is 4.90 Å². The van der Waals surface area contributed by atoms with E-state index in [2.05, 4.69) is 4.90 Å². The number of ether oxygens (including phenoxy) is 3. The van der Waals surface area contributed by atoms with E-state index in [1.165, 1.54) is 0 Å².